The molecule has 5 heteroatoms. The van der Waals surface area contributed by atoms with E-state index < -0.39 is 5.79 Å². The molecule has 5 nitrogen and oxygen atoms in total. The van der Waals surface area contributed by atoms with E-state index >= 15 is 0 Å². The lowest BCUT2D eigenvalue weighted by molar-refractivity contribution is -0.252. The Morgan fingerprint density at radius 3 is 2.56 bits per heavy atom. The summed E-state index contributed by atoms with van der Waals surface area (Å²) in [7, 11) is 0. The number of carbonyl (C=O) groups excluding carboxylic acids is 2. The number of hydrogen-bond acceptors (Lipinski definition) is 4. The zero-order valence-corrected chi connectivity index (χ0v) is 11.2. The quantitative estimate of drug-likeness (QED) is 0.553. The molecular weight excluding hydrogens is 234 g/mol. The summed E-state index contributed by atoms with van der Waals surface area (Å²) in [6, 6.07) is -0.0551. The smallest absolute Gasteiger partial charge is 0.220 e. The third kappa shape index (κ3) is 6.12. The molecule has 0 aromatic rings. The minimum atomic E-state index is -0.546. The van der Waals surface area contributed by atoms with E-state index in [0.717, 1.165) is 25.5 Å². The molecule has 0 aromatic heterocycles. The van der Waals surface area contributed by atoms with E-state index in [9.17, 15) is 9.59 Å². The molecule has 1 rings (SSSR count). The minimum absolute atomic E-state index is 0.0259. The van der Waals surface area contributed by atoms with Gasteiger partial charge in [0.2, 0.25) is 5.91 Å². The molecule has 1 aliphatic heterocycles. The van der Waals surface area contributed by atoms with Gasteiger partial charge in [0.15, 0.2) is 5.79 Å². The zero-order chi connectivity index (χ0) is 13.4. The standard InChI is InChI=1S/C13H23NO4/c1-13(2)17-9-11(10-18-13)14-12(16)7-5-3-4-6-8-15/h8,11H,3-7,9-10H2,1-2H3,(H,14,16). The lowest BCUT2D eigenvalue weighted by atomic mass is 10.1. The summed E-state index contributed by atoms with van der Waals surface area (Å²) < 4.78 is 10.9. The monoisotopic (exact) mass is 257 g/mol. The molecule has 1 N–H and O–H groups in total. The Kier molecular flexibility index (Phi) is 6.29. The maximum Gasteiger partial charge on any atom is 0.220 e. The summed E-state index contributed by atoms with van der Waals surface area (Å²) in [5, 5.41) is 2.89. The number of ether oxygens (including phenoxy) is 2. The molecule has 1 amide bonds. The van der Waals surface area contributed by atoms with Crippen LogP contribution in [0.3, 0.4) is 0 Å². The second-order valence-electron chi connectivity index (χ2n) is 5.05. The van der Waals surface area contributed by atoms with Crippen molar-refractivity contribution in [2.75, 3.05) is 13.2 Å². The highest BCUT2D eigenvalue weighted by atomic mass is 16.7. The number of unbranched alkanes of at least 4 members (excludes halogenated alkanes) is 3. The third-order valence-corrected chi connectivity index (χ3v) is 2.86. The Balaban J connectivity index is 2.08. The van der Waals surface area contributed by atoms with Crippen molar-refractivity contribution >= 4 is 12.2 Å². The topological polar surface area (TPSA) is 64.6 Å². The number of amides is 1. The van der Waals surface area contributed by atoms with Crippen LogP contribution in [0.15, 0.2) is 0 Å². The van der Waals surface area contributed by atoms with E-state index in [1.54, 1.807) is 0 Å². The van der Waals surface area contributed by atoms with E-state index in [1.165, 1.54) is 0 Å². The molecule has 0 unspecified atom stereocenters. The predicted octanol–water partition coefficient (Wildman–Crippen LogP) is 1.40. The van der Waals surface area contributed by atoms with E-state index in [4.69, 9.17) is 9.47 Å². The van der Waals surface area contributed by atoms with Gasteiger partial charge in [-0.2, -0.15) is 0 Å². The summed E-state index contributed by atoms with van der Waals surface area (Å²) in [6.07, 6.45) is 4.59. The van der Waals surface area contributed by atoms with Crippen molar-refractivity contribution < 1.29 is 19.1 Å². The molecule has 0 atom stereocenters. The Hall–Kier alpha value is -0.940. The summed E-state index contributed by atoms with van der Waals surface area (Å²) in [4.78, 5) is 21.7. The van der Waals surface area contributed by atoms with Gasteiger partial charge in [0.25, 0.3) is 0 Å². The fourth-order valence-electron chi connectivity index (χ4n) is 1.77. The molecule has 0 radical (unpaired) electrons. The van der Waals surface area contributed by atoms with Crippen LogP contribution >= 0.6 is 0 Å². The first kappa shape index (κ1) is 15.1. The van der Waals surface area contributed by atoms with Gasteiger partial charge >= 0.3 is 0 Å². The number of aldehydes is 1. The average molecular weight is 257 g/mol. The molecule has 1 heterocycles. The van der Waals surface area contributed by atoms with Gasteiger partial charge in [0.1, 0.15) is 6.29 Å². The summed E-state index contributed by atoms with van der Waals surface area (Å²) in [5.74, 6) is -0.520. The van der Waals surface area contributed by atoms with Crippen molar-refractivity contribution in [3.63, 3.8) is 0 Å². The lowest BCUT2D eigenvalue weighted by Gasteiger charge is -2.35. The average Bonchev–Trinajstić information content (AvgIpc) is 2.32. The third-order valence-electron chi connectivity index (χ3n) is 2.86. The Bertz CT molecular complexity index is 268. The molecule has 104 valence electrons. The maximum absolute atomic E-state index is 11.6. The normalized spacial score (nSPS) is 19.4. The highest BCUT2D eigenvalue weighted by Crippen LogP contribution is 2.16. The van der Waals surface area contributed by atoms with Gasteiger partial charge in [0.05, 0.1) is 19.3 Å². The van der Waals surface area contributed by atoms with Crippen LogP contribution in [-0.4, -0.2) is 37.2 Å². The van der Waals surface area contributed by atoms with Crippen molar-refractivity contribution in [3.8, 4) is 0 Å². The molecule has 1 saturated heterocycles. The molecule has 0 aromatic carbocycles. The van der Waals surface area contributed by atoms with Crippen LogP contribution in [0.5, 0.6) is 0 Å². The van der Waals surface area contributed by atoms with Crippen LogP contribution < -0.4 is 5.32 Å². The molecule has 0 saturated carbocycles. The van der Waals surface area contributed by atoms with Gasteiger partial charge in [-0.1, -0.05) is 6.42 Å². The van der Waals surface area contributed by atoms with E-state index in [0.29, 0.717) is 26.1 Å². The highest BCUT2D eigenvalue weighted by Gasteiger charge is 2.28. The van der Waals surface area contributed by atoms with Crippen LogP contribution in [0.2, 0.25) is 0 Å². The van der Waals surface area contributed by atoms with Gasteiger partial charge in [0, 0.05) is 12.8 Å². The highest BCUT2D eigenvalue weighted by molar-refractivity contribution is 5.76. The Morgan fingerprint density at radius 1 is 1.28 bits per heavy atom. The van der Waals surface area contributed by atoms with Crippen molar-refractivity contribution in [1.29, 1.82) is 0 Å². The molecule has 0 spiro atoms. The van der Waals surface area contributed by atoms with Crippen LogP contribution in [0, 0.1) is 0 Å². The van der Waals surface area contributed by atoms with E-state index in [2.05, 4.69) is 5.32 Å². The maximum atomic E-state index is 11.6. The first-order valence-electron chi connectivity index (χ1n) is 6.54. The van der Waals surface area contributed by atoms with Gasteiger partial charge in [-0.3, -0.25) is 4.79 Å². The second kappa shape index (κ2) is 7.48. The molecule has 0 aliphatic carbocycles. The molecule has 18 heavy (non-hydrogen) atoms. The van der Waals surface area contributed by atoms with E-state index in [1.807, 2.05) is 13.8 Å². The molecule has 1 fully saturated rings. The van der Waals surface area contributed by atoms with Gasteiger partial charge < -0.3 is 19.6 Å². The number of rotatable bonds is 7. The van der Waals surface area contributed by atoms with Crippen LogP contribution in [0.4, 0.5) is 0 Å². The number of nitrogens with one attached hydrogen (secondary N) is 1. The van der Waals surface area contributed by atoms with Crippen LogP contribution in [-0.2, 0) is 19.1 Å². The number of carbonyl (C=O) groups is 2. The lowest BCUT2D eigenvalue weighted by Crippen LogP contribution is -2.50. The van der Waals surface area contributed by atoms with Crippen molar-refractivity contribution in [2.45, 2.75) is 57.8 Å². The first-order chi connectivity index (χ1) is 8.53. The van der Waals surface area contributed by atoms with E-state index in [-0.39, 0.29) is 11.9 Å². The molecule has 1 aliphatic rings. The van der Waals surface area contributed by atoms with Crippen LogP contribution in [0.25, 0.3) is 0 Å². The molecule has 0 bridgehead atoms. The van der Waals surface area contributed by atoms with Crippen molar-refractivity contribution in [2.24, 2.45) is 0 Å². The largest absolute Gasteiger partial charge is 0.349 e. The van der Waals surface area contributed by atoms with Gasteiger partial charge in [-0.25, -0.2) is 0 Å². The summed E-state index contributed by atoms with van der Waals surface area (Å²) in [5.41, 5.74) is 0. The van der Waals surface area contributed by atoms with Gasteiger partial charge in [-0.05, 0) is 26.7 Å². The summed E-state index contributed by atoms with van der Waals surface area (Å²) in [6.45, 7) is 4.70. The minimum Gasteiger partial charge on any atom is -0.349 e. The fraction of sp³-hybridized carbons (Fsp3) is 0.846. The SMILES string of the molecule is CC1(C)OCC(NC(=O)CCCCCC=O)CO1. The van der Waals surface area contributed by atoms with Crippen LogP contribution in [0.1, 0.15) is 46.0 Å². The zero-order valence-electron chi connectivity index (χ0n) is 11.2. The Labute approximate surface area is 108 Å². The Morgan fingerprint density at radius 2 is 1.94 bits per heavy atom. The van der Waals surface area contributed by atoms with Crippen molar-refractivity contribution in [1.82, 2.24) is 5.32 Å². The fourth-order valence-corrected chi connectivity index (χ4v) is 1.77. The van der Waals surface area contributed by atoms with Crippen molar-refractivity contribution in [3.05, 3.63) is 0 Å². The molecular formula is C13H23NO4. The summed E-state index contributed by atoms with van der Waals surface area (Å²) >= 11 is 0. The number of hydrogen-bond donors (Lipinski definition) is 1. The predicted molar refractivity (Wildman–Crippen MR) is 67.1 cm³/mol. The first-order valence-corrected chi connectivity index (χ1v) is 6.54. The second-order valence-corrected chi connectivity index (χ2v) is 5.05. The van der Waals surface area contributed by atoms with Gasteiger partial charge in [-0.15, -0.1) is 0 Å².